The van der Waals surface area contributed by atoms with Gasteiger partial charge in [-0.25, -0.2) is 5.43 Å². The van der Waals surface area contributed by atoms with Crippen LogP contribution in [0, 0.1) is 18.3 Å². The molecule has 0 saturated carbocycles. The fourth-order valence-corrected chi connectivity index (χ4v) is 3.23. The number of hydrogen-bond donors (Lipinski definition) is 2. The van der Waals surface area contributed by atoms with Gasteiger partial charge in [-0.15, -0.1) is 6.42 Å². The summed E-state index contributed by atoms with van der Waals surface area (Å²) in [5.74, 6) is 2.15. The average Bonchev–Trinajstić information content (AvgIpc) is 2.81. The van der Waals surface area contributed by atoms with Gasteiger partial charge >= 0.3 is 0 Å². The number of rotatable bonds is 8. The molecule has 0 radical (unpaired) electrons. The van der Waals surface area contributed by atoms with Gasteiger partial charge in [-0.2, -0.15) is 5.10 Å². The molecule has 0 bridgehead atoms. The molecule has 2 amide bonds. The van der Waals surface area contributed by atoms with Crippen molar-refractivity contribution in [2.45, 2.75) is 19.9 Å². The molecule has 32 heavy (non-hydrogen) atoms. The number of terminal acetylenes is 1. The highest BCUT2D eigenvalue weighted by Gasteiger charge is 2.24. The molecule has 1 unspecified atom stereocenters. The van der Waals surface area contributed by atoms with E-state index >= 15 is 0 Å². The molecule has 0 heterocycles. The number of carbonyl (C=O) groups excluding carboxylic acids is 2. The summed E-state index contributed by atoms with van der Waals surface area (Å²) < 4.78 is 5.64. The monoisotopic (exact) mass is 427 g/mol. The molecule has 0 aromatic heterocycles. The van der Waals surface area contributed by atoms with Gasteiger partial charge in [0.1, 0.15) is 18.4 Å². The molecule has 0 saturated heterocycles. The van der Waals surface area contributed by atoms with Gasteiger partial charge in [0.15, 0.2) is 0 Å². The van der Waals surface area contributed by atoms with E-state index in [0.29, 0.717) is 16.9 Å². The quantitative estimate of drug-likeness (QED) is 0.326. The summed E-state index contributed by atoms with van der Waals surface area (Å²) in [6.45, 7) is 3.83. The van der Waals surface area contributed by atoms with Crippen molar-refractivity contribution < 1.29 is 14.3 Å². The maximum Gasteiger partial charge on any atom is 0.262 e. The first-order valence-corrected chi connectivity index (χ1v) is 10.3. The molecule has 3 aromatic carbocycles. The number of nitrogens with zero attached hydrogens (tertiary/aromatic N) is 1. The number of carbonyl (C=O) groups is 2. The maximum absolute atomic E-state index is 12.8. The second-order valence-corrected chi connectivity index (χ2v) is 7.49. The molecule has 0 aliphatic carbocycles. The zero-order valence-electron chi connectivity index (χ0n) is 18.0. The van der Waals surface area contributed by atoms with Crippen LogP contribution < -0.4 is 15.5 Å². The minimum absolute atomic E-state index is 0.118. The Morgan fingerprint density at radius 2 is 1.78 bits per heavy atom. The van der Waals surface area contributed by atoms with Crippen molar-refractivity contribution in [1.29, 1.82) is 0 Å². The van der Waals surface area contributed by atoms with Crippen LogP contribution in [0.2, 0.25) is 0 Å². The van der Waals surface area contributed by atoms with Gasteiger partial charge < -0.3 is 10.1 Å². The van der Waals surface area contributed by atoms with Crippen molar-refractivity contribution in [3.8, 4) is 18.1 Å². The van der Waals surface area contributed by atoms with Crippen molar-refractivity contribution in [3.05, 3.63) is 77.9 Å². The highest BCUT2D eigenvalue weighted by Crippen LogP contribution is 2.26. The van der Waals surface area contributed by atoms with Crippen LogP contribution >= 0.6 is 0 Å². The molecule has 0 aliphatic heterocycles. The van der Waals surface area contributed by atoms with Gasteiger partial charge in [0.2, 0.25) is 0 Å². The van der Waals surface area contributed by atoms with E-state index in [0.717, 1.165) is 10.8 Å². The van der Waals surface area contributed by atoms with E-state index in [9.17, 15) is 9.59 Å². The van der Waals surface area contributed by atoms with Crippen LogP contribution in [0.15, 0.2) is 71.8 Å². The summed E-state index contributed by atoms with van der Waals surface area (Å²) in [4.78, 5) is 25.3. The van der Waals surface area contributed by atoms with Gasteiger partial charge in [-0.05, 0) is 34.9 Å². The summed E-state index contributed by atoms with van der Waals surface area (Å²) in [7, 11) is 0. The fourth-order valence-electron chi connectivity index (χ4n) is 3.23. The molecule has 0 spiro atoms. The molecule has 3 rings (SSSR count). The zero-order valence-corrected chi connectivity index (χ0v) is 18.0. The van der Waals surface area contributed by atoms with Crippen LogP contribution in [0.5, 0.6) is 5.75 Å². The van der Waals surface area contributed by atoms with Crippen LogP contribution in [-0.4, -0.2) is 30.7 Å². The molecule has 2 N–H and O–H groups in total. The topological polar surface area (TPSA) is 79.8 Å². The van der Waals surface area contributed by atoms with E-state index < -0.39 is 11.9 Å². The Morgan fingerprint density at radius 1 is 1.06 bits per heavy atom. The Morgan fingerprint density at radius 3 is 2.50 bits per heavy atom. The Hall–Kier alpha value is -4.11. The minimum Gasteiger partial charge on any atom is -0.480 e. The first-order chi connectivity index (χ1) is 15.5. The van der Waals surface area contributed by atoms with Crippen LogP contribution in [0.1, 0.15) is 29.8 Å². The number of amides is 2. The summed E-state index contributed by atoms with van der Waals surface area (Å²) in [6.07, 6.45) is 6.85. The van der Waals surface area contributed by atoms with Gasteiger partial charge in [-0.1, -0.05) is 68.3 Å². The van der Waals surface area contributed by atoms with Gasteiger partial charge in [-0.3, -0.25) is 9.59 Å². The smallest absolute Gasteiger partial charge is 0.262 e. The van der Waals surface area contributed by atoms with Gasteiger partial charge in [0, 0.05) is 11.1 Å². The first kappa shape index (κ1) is 22.6. The third-order valence-electron chi connectivity index (χ3n) is 4.88. The third-order valence-corrected chi connectivity index (χ3v) is 4.88. The lowest BCUT2D eigenvalue weighted by Gasteiger charge is -2.20. The number of hydrogen-bond acceptors (Lipinski definition) is 4. The predicted molar refractivity (Wildman–Crippen MR) is 127 cm³/mol. The number of hydrazone groups is 1. The largest absolute Gasteiger partial charge is 0.480 e. The second-order valence-electron chi connectivity index (χ2n) is 7.49. The summed E-state index contributed by atoms with van der Waals surface area (Å²) >= 11 is 0. The van der Waals surface area contributed by atoms with Crippen LogP contribution in [0.3, 0.4) is 0 Å². The van der Waals surface area contributed by atoms with Gasteiger partial charge in [0.25, 0.3) is 11.8 Å². The molecule has 0 aliphatic rings. The molecular weight excluding hydrogens is 402 g/mol. The lowest BCUT2D eigenvalue weighted by Crippen LogP contribution is -2.48. The molecule has 6 heteroatoms. The maximum atomic E-state index is 12.8. The normalized spacial score (nSPS) is 11.8. The predicted octanol–water partition coefficient (Wildman–Crippen LogP) is 3.76. The Bertz CT molecular complexity index is 1160. The second kappa shape index (κ2) is 10.8. The van der Waals surface area contributed by atoms with E-state index in [2.05, 4.69) is 21.8 Å². The summed E-state index contributed by atoms with van der Waals surface area (Å²) in [6, 6.07) is 19.5. The molecular formula is C26H25N3O3. The molecule has 0 fully saturated rings. The van der Waals surface area contributed by atoms with Crippen molar-refractivity contribution in [2.75, 3.05) is 6.61 Å². The molecule has 3 aromatic rings. The van der Waals surface area contributed by atoms with E-state index in [-0.39, 0.29) is 18.4 Å². The van der Waals surface area contributed by atoms with Crippen molar-refractivity contribution >= 4 is 28.8 Å². The number of fused-ring (bicyclic) bond motifs is 1. The number of nitrogens with one attached hydrogen (secondary N) is 2. The Balaban J connectivity index is 1.78. The molecule has 1 atom stereocenters. The average molecular weight is 428 g/mol. The summed E-state index contributed by atoms with van der Waals surface area (Å²) in [5.41, 5.74) is 3.73. The minimum atomic E-state index is -0.746. The summed E-state index contributed by atoms with van der Waals surface area (Å²) in [5, 5.41) is 8.83. The highest BCUT2D eigenvalue weighted by molar-refractivity contribution is 6.03. The van der Waals surface area contributed by atoms with E-state index in [1.54, 1.807) is 24.3 Å². The standard InChI is InChI=1S/C26H25N3O3/c1-4-16-32-23-15-14-19-10-8-9-13-21(19)22(23)17-27-29-26(31)24(18(2)3)28-25(30)20-11-6-5-7-12-20/h1,5-15,17-18,24H,16H2,2-3H3,(H,28,30)(H,29,31). The SMILES string of the molecule is C#CCOc1ccc2ccccc2c1C=NNC(=O)C(NC(=O)c1ccccc1)C(C)C. The van der Waals surface area contributed by atoms with E-state index in [1.165, 1.54) is 6.21 Å². The Labute approximate surface area is 187 Å². The van der Waals surface area contributed by atoms with E-state index in [1.807, 2.05) is 56.3 Å². The van der Waals surface area contributed by atoms with Crippen LogP contribution in [-0.2, 0) is 4.79 Å². The van der Waals surface area contributed by atoms with Gasteiger partial charge in [0.05, 0.1) is 6.21 Å². The first-order valence-electron chi connectivity index (χ1n) is 10.3. The molecule has 162 valence electrons. The highest BCUT2D eigenvalue weighted by atomic mass is 16.5. The van der Waals surface area contributed by atoms with Crippen LogP contribution in [0.25, 0.3) is 10.8 Å². The lowest BCUT2D eigenvalue weighted by molar-refractivity contribution is -0.123. The third kappa shape index (κ3) is 5.52. The Kier molecular flexibility index (Phi) is 7.60. The molecule has 6 nitrogen and oxygen atoms in total. The lowest BCUT2D eigenvalue weighted by atomic mass is 10.0. The van der Waals surface area contributed by atoms with Crippen molar-refractivity contribution in [3.63, 3.8) is 0 Å². The van der Waals surface area contributed by atoms with Crippen LogP contribution in [0.4, 0.5) is 0 Å². The zero-order chi connectivity index (χ0) is 22.9. The number of benzene rings is 3. The van der Waals surface area contributed by atoms with Crippen molar-refractivity contribution in [1.82, 2.24) is 10.7 Å². The fraction of sp³-hybridized carbons (Fsp3) is 0.192. The van der Waals surface area contributed by atoms with E-state index in [4.69, 9.17) is 11.2 Å². The number of ether oxygens (including phenoxy) is 1. The van der Waals surface area contributed by atoms with Crippen molar-refractivity contribution in [2.24, 2.45) is 11.0 Å².